The summed E-state index contributed by atoms with van der Waals surface area (Å²) >= 11 is 0. The zero-order valence-corrected chi connectivity index (χ0v) is 12.4. The lowest BCUT2D eigenvalue weighted by atomic mass is 9.84. The third-order valence-corrected chi connectivity index (χ3v) is 4.28. The summed E-state index contributed by atoms with van der Waals surface area (Å²) in [4.78, 5) is 12.3. The van der Waals surface area contributed by atoms with E-state index in [0.717, 1.165) is 31.2 Å². The molecule has 3 heteroatoms. The fourth-order valence-corrected chi connectivity index (χ4v) is 3.04. The van der Waals surface area contributed by atoms with Crippen molar-refractivity contribution in [2.24, 2.45) is 11.7 Å². The third-order valence-electron chi connectivity index (χ3n) is 4.28. The fourth-order valence-electron chi connectivity index (χ4n) is 3.04. The molecule has 1 saturated carbocycles. The fraction of sp³-hybridized carbons (Fsp3) is 0.588. The van der Waals surface area contributed by atoms with Gasteiger partial charge in [-0.25, -0.2) is 0 Å². The Bertz CT molecular complexity index is 427. The highest BCUT2D eigenvalue weighted by molar-refractivity contribution is 5.94. The summed E-state index contributed by atoms with van der Waals surface area (Å²) in [6, 6.07) is 8.22. The summed E-state index contributed by atoms with van der Waals surface area (Å²) < 4.78 is 0. The Balaban J connectivity index is 1.96. The van der Waals surface area contributed by atoms with Gasteiger partial charge in [0, 0.05) is 11.6 Å². The van der Waals surface area contributed by atoms with E-state index < -0.39 is 0 Å². The Morgan fingerprint density at radius 3 is 2.60 bits per heavy atom. The Morgan fingerprint density at radius 2 is 1.95 bits per heavy atom. The molecule has 1 fully saturated rings. The molecule has 110 valence electrons. The Labute approximate surface area is 121 Å². The first kappa shape index (κ1) is 15.0. The molecule has 2 unspecified atom stereocenters. The lowest BCUT2D eigenvalue weighted by Gasteiger charge is -2.31. The molecule has 1 aromatic rings. The normalized spacial score (nSPS) is 22.5. The molecule has 1 aliphatic carbocycles. The van der Waals surface area contributed by atoms with Gasteiger partial charge in [-0.05, 0) is 49.4 Å². The van der Waals surface area contributed by atoms with E-state index in [1.165, 1.54) is 18.4 Å². The minimum atomic E-state index is 0.0402. The second-order valence-electron chi connectivity index (χ2n) is 5.81. The molecule has 0 aliphatic heterocycles. The molecule has 20 heavy (non-hydrogen) atoms. The van der Waals surface area contributed by atoms with Gasteiger partial charge < -0.3 is 11.1 Å². The molecular weight excluding hydrogens is 248 g/mol. The average Bonchev–Trinajstić information content (AvgIpc) is 2.49. The van der Waals surface area contributed by atoms with E-state index in [4.69, 9.17) is 5.73 Å². The summed E-state index contributed by atoms with van der Waals surface area (Å²) in [5, 5.41) is 3.17. The van der Waals surface area contributed by atoms with Crippen LogP contribution >= 0.6 is 0 Å². The predicted molar refractivity (Wildman–Crippen MR) is 82.7 cm³/mol. The Hall–Kier alpha value is -1.35. The number of carbonyl (C=O) groups excluding carboxylic acids is 1. The van der Waals surface area contributed by atoms with Crippen LogP contribution in [0.2, 0.25) is 0 Å². The highest BCUT2D eigenvalue weighted by Gasteiger charge is 2.25. The Kier molecular flexibility index (Phi) is 5.60. The SMILES string of the molecule is CCCc1ccc(C(=O)NC2CCCCC2CN)cc1. The molecule has 0 aromatic heterocycles. The number of amides is 1. The van der Waals surface area contributed by atoms with Crippen LogP contribution in [0.5, 0.6) is 0 Å². The van der Waals surface area contributed by atoms with Gasteiger partial charge in [-0.1, -0.05) is 38.3 Å². The predicted octanol–water partition coefficient (Wildman–Crippen LogP) is 2.89. The summed E-state index contributed by atoms with van der Waals surface area (Å²) in [6.07, 6.45) is 6.82. The van der Waals surface area contributed by atoms with Crippen molar-refractivity contribution in [2.45, 2.75) is 51.5 Å². The summed E-state index contributed by atoms with van der Waals surface area (Å²) in [5.41, 5.74) is 7.86. The largest absolute Gasteiger partial charge is 0.349 e. The van der Waals surface area contributed by atoms with Gasteiger partial charge in [0.2, 0.25) is 0 Å². The Morgan fingerprint density at radius 1 is 1.25 bits per heavy atom. The summed E-state index contributed by atoms with van der Waals surface area (Å²) in [7, 11) is 0. The van der Waals surface area contributed by atoms with E-state index in [1.807, 2.05) is 12.1 Å². The van der Waals surface area contributed by atoms with Gasteiger partial charge in [0.1, 0.15) is 0 Å². The molecular formula is C17H26N2O. The minimum Gasteiger partial charge on any atom is -0.349 e. The standard InChI is InChI=1S/C17H26N2O/c1-2-5-13-8-10-14(11-9-13)17(20)19-16-7-4-3-6-15(16)12-18/h8-11,15-16H,2-7,12,18H2,1H3,(H,19,20). The van der Waals surface area contributed by atoms with Crippen molar-refractivity contribution < 1.29 is 4.79 Å². The molecule has 1 aromatic carbocycles. The molecule has 1 amide bonds. The maximum absolute atomic E-state index is 12.3. The minimum absolute atomic E-state index is 0.0402. The van der Waals surface area contributed by atoms with Crippen molar-refractivity contribution in [3.8, 4) is 0 Å². The maximum Gasteiger partial charge on any atom is 0.251 e. The van der Waals surface area contributed by atoms with Gasteiger partial charge in [0.05, 0.1) is 0 Å². The van der Waals surface area contributed by atoms with E-state index in [0.29, 0.717) is 12.5 Å². The third kappa shape index (κ3) is 3.83. The van der Waals surface area contributed by atoms with Gasteiger partial charge in [0.15, 0.2) is 0 Å². The molecule has 3 nitrogen and oxygen atoms in total. The smallest absolute Gasteiger partial charge is 0.251 e. The molecule has 2 atom stereocenters. The van der Waals surface area contributed by atoms with Crippen LogP contribution in [-0.2, 0) is 6.42 Å². The van der Waals surface area contributed by atoms with Crippen LogP contribution in [0.4, 0.5) is 0 Å². The van der Waals surface area contributed by atoms with Crippen molar-refractivity contribution in [2.75, 3.05) is 6.54 Å². The highest BCUT2D eigenvalue weighted by atomic mass is 16.1. The number of nitrogens with two attached hydrogens (primary N) is 1. The van der Waals surface area contributed by atoms with Crippen molar-refractivity contribution in [1.82, 2.24) is 5.32 Å². The van der Waals surface area contributed by atoms with Crippen molar-refractivity contribution in [3.63, 3.8) is 0 Å². The number of nitrogens with one attached hydrogen (secondary N) is 1. The second kappa shape index (κ2) is 7.44. The van der Waals surface area contributed by atoms with E-state index >= 15 is 0 Å². The first-order chi connectivity index (χ1) is 9.74. The average molecular weight is 274 g/mol. The quantitative estimate of drug-likeness (QED) is 0.867. The molecule has 0 saturated heterocycles. The molecule has 3 N–H and O–H groups in total. The van der Waals surface area contributed by atoms with E-state index in [-0.39, 0.29) is 11.9 Å². The van der Waals surface area contributed by atoms with Crippen LogP contribution in [0.1, 0.15) is 54.9 Å². The van der Waals surface area contributed by atoms with E-state index in [9.17, 15) is 4.79 Å². The van der Waals surface area contributed by atoms with Crippen molar-refractivity contribution in [1.29, 1.82) is 0 Å². The zero-order valence-electron chi connectivity index (χ0n) is 12.4. The summed E-state index contributed by atoms with van der Waals surface area (Å²) in [5.74, 6) is 0.477. The topological polar surface area (TPSA) is 55.1 Å². The number of rotatable bonds is 5. The number of aryl methyl sites for hydroxylation is 1. The zero-order chi connectivity index (χ0) is 14.4. The van der Waals surface area contributed by atoms with Gasteiger partial charge in [-0.2, -0.15) is 0 Å². The van der Waals surface area contributed by atoms with Crippen LogP contribution in [0, 0.1) is 5.92 Å². The maximum atomic E-state index is 12.3. The molecule has 0 heterocycles. The highest BCUT2D eigenvalue weighted by Crippen LogP contribution is 2.23. The van der Waals surface area contributed by atoms with Crippen LogP contribution in [-0.4, -0.2) is 18.5 Å². The van der Waals surface area contributed by atoms with Crippen LogP contribution in [0.15, 0.2) is 24.3 Å². The van der Waals surface area contributed by atoms with Crippen LogP contribution in [0.3, 0.4) is 0 Å². The van der Waals surface area contributed by atoms with Crippen LogP contribution in [0.25, 0.3) is 0 Å². The van der Waals surface area contributed by atoms with E-state index in [2.05, 4.69) is 24.4 Å². The van der Waals surface area contributed by atoms with Gasteiger partial charge in [-0.3, -0.25) is 4.79 Å². The number of hydrogen-bond donors (Lipinski definition) is 2. The first-order valence-electron chi connectivity index (χ1n) is 7.84. The lowest BCUT2D eigenvalue weighted by molar-refractivity contribution is 0.0908. The molecule has 2 rings (SSSR count). The van der Waals surface area contributed by atoms with Gasteiger partial charge in [-0.15, -0.1) is 0 Å². The monoisotopic (exact) mass is 274 g/mol. The van der Waals surface area contributed by atoms with Crippen molar-refractivity contribution >= 4 is 5.91 Å². The lowest BCUT2D eigenvalue weighted by Crippen LogP contribution is -2.44. The first-order valence-corrected chi connectivity index (χ1v) is 7.84. The van der Waals surface area contributed by atoms with Gasteiger partial charge >= 0.3 is 0 Å². The molecule has 0 bridgehead atoms. The van der Waals surface area contributed by atoms with Gasteiger partial charge in [0.25, 0.3) is 5.91 Å². The summed E-state index contributed by atoms with van der Waals surface area (Å²) in [6.45, 7) is 2.83. The second-order valence-corrected chi connectivity index (χ2v) is 5.81. The van der Waals surface area contributed by atoms with Crippen molar-refractivity contribution in [3.05, 3.63) is 35.4 Å². The molecule has 0 spiro atoms. The van der Waals surface area contributed by atoms with E-state index in [1.54, 1.807) is 0 Å². The molecule has 1 aliphatic rings. The molecule has 0 radical (unpaired) electrons. The number of carbonyl (C=O) groups is 1. The number of hydrogen-bond acceptors (Lipinski definition) is 2. The number of benzene rings is 1. The van der Waals surface area contributed by atoms with Crippen LogP contribution < -0.4 is 11.1 Å².